The van der Waals surface area contributed by atoms with Crippen molar-refractivity contribution in [3.05, 3.63) is 32.6 Å². The van der Waals surface area contributed by atoms with Gasteiger partial charge in [0.2, 0.25) is 0 Å². The van der Waals surface area contributed by atoms with Crippen molar-refractivity contribution in [1.82, 2.24) is 9.55 Å². The maximum Gasteiger partial charge on any atom is 0.330 e. The Morgan fingerprint density at radius 3 is 2.79 bits per heavy atom. The zero-order chi connectivity index (χ0) is 14.2. The molecule has 0 saturated carbocycles. The number of aromatic nitrogens is 2. The summed E-state index contributed by atoms with van der Waals surface area (Å²) in [5.41, 5.74) is -0.613. The van der Waals surface area contributed by atoms with Crippen LogP contribution in [0.4, 0.5) is 0 Å². The highest BCUT2D eigenvalue weighted by molar-refractivity contribution is 7.85. The van der Waals surface area contributed by atoms with Crippen LogP contribution in [0.3, 0.4) is 0 Å². The summed E-state index contributed by atoms with van der Waals surface area (Å²) >= 11 is 0. The molecule has 7 nitrogen and oxygen atoms in total. The molecule has 4 atom stereocenters. The molecule has 2 N–H and O–H groups in total. The maximum absolute atomic E-state index is 11.7. The van der Waals surface area contributed by atoms with Crippen LogP contribution in [0.25, 0.3) is 0 Å². The van der Waals surface area contributed by atoms with Crippen LogP contribution in [0, 0.1) is 6.92 Å². The summed E-state index contributed by atoms with van der Waals surface area (Å²) in [6, 6.07) is 0. The zero-order valence-corrected chi connectivity index (χ0v) is 11.5. The number of H-pyrrole nitrogens is 1. The predicted octanol–water partition coefficient (Wildman–Crippen LogP) is -1.13. The first-order valence-electron chi connectivity index (χ1n) is 5.84. The van der Waals surface area contributed by atoms with Crippen molar-refractivity contribution >= 4 is 10.8 Å². The van der Waals surface area contributed by atoms with E-state index in [1.165, 1.54) is 10.8 Å². The van der Waals surface area contributed by atoms with Gasteiger partial charge in [0.1, 0.15) is 6.23 Å². The Hall–Kier alpha value is -1.25. The summed E-state index contributed by atoms with van der Waals surface area (Å²) < 4.78 is 18.4. The van der Waals surface area contributed by atoms with Crippen LogP contribution in [-0.2, 0) is 15.5 Å². The van der Waals surface area contributed by atoms with Gasteiger partial charge in [-0.15, -0.1) is 0 Å². The Bertz CT molecular complexity index is 608. The number of ether oxygens (including phenoxy) is 1. The first-order chi connectivity index (χ1) is 8.93. The molecule has 1 saturated heterocycles. The van der Waals surface area contributed by atoms with Gasteiger partial charge >= 0.3 is 5.69 Å². The van der Waals surface area contributed by atoms with Crippen LogP contribution in [0.1, 0.15) is 18.2 Å². The highest BCUT2D eigenvalue weighted by atomic mass is 32.2. The summed E-state index contributed by atoms with van der Waals surface area (Å²) in [6.07, 6.45) is 2.14. The summed E-state index contributed by atoms with van der Waals surface area (Å²) in [7, 11) is -1.15. The number of aliphatic hydroxyl groups is 1. The standard InChI is InChI=1S/C11H16N2O5S/c1-6-4-13(11(16)12-10(6)15)9-3-8(19(2)17)7(5-14)18-9/h4,7-9,14H,3,5H2,1-2H3,(H,12,15,16)/t7-,8?,9-,19?/m1/s1. The van der Waals surface area contributed by atoms with Crippen molar-refractivity contribution in [2.45, 2.75) is 30.9 Å². The van der Waals surface area contributed by atoms with Crippen molar-refractivity contribution in [3.8, 4) is 0 Å². The third kappa shape index (κ3) is 2.70. The van der Waals surface area contributed by atoms with E-state index < -0.39 is 34.4 Å². The molecule has 8 heteroatoms. The van der Waals surface area contributed by atoms with Gasteiger partial charge in [-0.2, -0.15) is 0 Å². The summed E-state index contributed by atoms with van der Waals surface area (Å²) in [6.45, 7) is 1.33. The summed E-state index contributed by atoms with van der Waals surface area (Å²) in [5.74, 6) is 0. The van der Waals surface area contributed by atoms with Gasteiger partial charge in [-0.05, 0) is 6.92 Å². The minimum absolute atomic E-state index is 0.252. The monoisotopic (exact) mass is 288 g/mol. The van der Waals surface area contributed by atoms with Crippen LogP contribution in [0.5, 0.6) is 0 Å². The number of aromatic amines is 1. The molecule has 1 aromatic rings. The Labute approximate surface area is 111 Å². The fraction of sp³-hybridized carbons (Fsp3) is 0.636. The number of rotatable bonds is 3. The van der Waals surface area contributed by atoms with Crippen molar-refractivity contribution in [3.63, 3.8) is 0 Å². The normalized spacial score (nSPS) is 28.5. The van der Waals surface area contributed by atoms with Crippen molar-refractivity contribution in [1.29, 1.82) is 0 Å². The van der Waals surface area contributed by atoms with E-state index in [0.717, 1.165) is 0 Å². The first kappa shape index (κ1) is 14.2. The average molecular weight is 288 g/mol. The number of hydrogen-bond donors (Lipinski definition) is 2. The number of aliphatic hydroxyl groups excluding tert-OH is 1. The molecule has 0 spiro atoms. The Balaban J connectivity index is 2.35. The molecule has 0 bridgehead atoms. The lowest BCUT2D eigenvalue weighted by molar-refractivity contribution is -0.0240. The van der Waals surface area contributed by atoms with E-state index >= 15 is 0 Å². The van der Waals surface area contributed by atoms with Gasteiger partial charge in [0, 0.05) is 35.2 Å². The van der Waals surface area contributed by atoms with E-state index in [4.69, 9.17) is 4.74 Å². The van der Waals surface area contributed by atoms with E-state index in [-0.39, 0.29) is 11.9 Å². The minimum atomic E-state index is -1.15. The smallest absolute Gasteiger partial charge is 0.330 e. The van der Waals surface area contributed by atoms with Crippen LogP contribution in [0.15, 0.2) is 15.8 Å². The van der Waals surface area contributed by atoms with Crippen LogP contribution in [0.2, 0.25) is 0 Å². The maximum atomic E-state index is 11.7. The molecule has 0 aliphatic carbocycles. The Morgan fingerprint density at radius 1 is 1.58 bits per heavy atom. The van der Waals surface area contributed by atoms with Gasteiger partial charge in [0.25, 0.3) is 5.56 Å². The van der Waals surface area contributed by atoms with Gasteiger partial charge in [-0.25, -0.2) is 4.79 Å². The molecule has 106 valence electrons. The lowest BCUT2D eigenvalue weighted by Gasteiger charge is -2.14. The van der Waals surface area contributed by atoms with E-state index in [1.807, 2.05) is 0 Å². The van der Waals surface area contributed by atoms with Gasteiger partial charge in [-0.1, -0.05) is 0 Å². The number of nitrogens with one attached hydrogen (secondary N) is 1. The number of nitrogens with zero attached hydrogens (tertiary/aromatic N) is 1. The fourth-order valence-corrected chi connectivity index (χ4v) is 3.20. The SMILES string of the molecule is Cc1cn([C@H]2CC(S(C)=O)[C@@H](CO)O2)c(=O)[nH]c1=O. The molecule has 2 unspecified atom stereocenters. The molecule has 0 amide bonds. The summed E-state index contributed by atoms with van der Waals surface area (Å²) in [4.78, 5) is 25.2. The van der Waals surface area contributed by atoms with Crippen LogP contribution < -0.4 is 11.2 Å². The minimum Gasteiger partial charge on any atom is -0.394 e. The second-order valence-corrected chi connectivity index (χ2v) is 6.17. The van der Waals surface area contributed by atoms with Gasteiger partial charge in [0.05, 0.1) is 18.0 Å². The van der Waals surface area contributed by atoms with Gasteiger partial charge < -0.3 is 9.84 Å². The molecule has 1 aromatic heterocycles. The van der Waals surface area contributed by atoms with Crippen molar-refractivity contribution < 1.29 is 14.1 Å². The van der Waals surface area contributed by atoms with E-state index in [0.29, 0.717) is 12.0 Å². The predicted molar refractivity (Wildman–Crippen MR) is 69.5 cm³/mol. The van der Waals surface area contributed by atoms with Gasteiger partial charge in [0.15, 0.2) is 0 Å². The Morgan fingerprint density at radius 2 is 2.26 bits per heavy atom. The van der Waals surface area contributed by atoms with E-state index in [2.05, 4.69) is 4.98 Å². The molecular weight excluding hydrogens is 272 g/mol. The molecule has 2 heterocycles. The van der Waals surface area contributed by atoms with Crippen molar-refractivity contribution in [2.75, 3.05) is 12.9 Å². The summed E-state index contributed by atoms with van der Waals surface area (Å²) in [5, 5.41) is 8.89. The van der Waals surface area contributed by atoms with E-state index in [1.54, 1.807) is 13.2 Å². The average Bonchev–Trinajstić information content (AvgIpc) is 2.77. The zero-order valence-electron chi connectivity index (χ0n) is 10.7. The molecule has 1 fully saturated rings. The van der Waals surface area contributed by atoms with Gasteiger partial charge in [-0.3, -0.25) is 18.6 Å². The highest BCUT2D eigenvalue weighted by Gasteiger charge is 2.38. The quantitative estimate of drug-likeness (QED) is 0.733. The molecule has 2 rings (SSSR count). The first-order valence-corrected chi connectivity index (χ1v) is 7.46. The molecule has 1 aliphatic heterocycles. The second-order valence-electron chi connectivity index (χ2n) is 4.56. The fourth-order valence-electron chi connectivity index (χ4n) is 2.18. The molecule has 19 heavy (non-hydrogen) atoms. The largest absolute Gasteiger partial charge is 0.394 e. The van der Waals surface area contributed by atoms with E-state index in [9.17, 15) is 18.9 Å². The molecule has 1 aliphatic rings. The highest BCUT2D eigenvalue weighted by Crippen LogP contribution is 2.30. The Kier molecular flexibility index (Phi) is 4.02. The number of aryl methyl sites for hydroxylation is 1. The van der Waals surface area contributed by atoms with Crippen LogP contribution >= 0.6 is 0 Å². The third-order valence-corrected chi connectivity index (χ3v) is 4.59. The van der Waals surface area contributed by atoms with Crippen LogP contribution in [-0.4, -0.2) is 43.1 Å². The lowest BCUT2D eigenvalue weighted by Crippen LogP contribution is -2.33. The van der Waals surface area contributed by atoms with Crippen molar-refractivity contribution in [2.24, 2.45) is 0 Å². The second kappa shape index (κ2) is 5.40. The lowest BCUT2D eigenvalue weighted by atomic mass is 10.2. The molecule has 0 radical (unpaired) electrons. The number of hydrogen-bond acceptors (Lipinski definition) is 5. The topological polar surface area (TPSA) is 101 Å². The molecule has 0 aromatic carbocycles. The third-order valence-electron chi connectivity index (χ3n) is 3.24. The molecular formula is C11H16N2O5S.